The molecule has 4 N–H and O–H groups in total. The third kappa shape index (κ3) is 2.09. The molecule has 7 heteroatoms. The molecule has 0 fully saturated rings. The number of rotatable bonds is 4. The van der Waals surface area contributed by atoms with Crippen molar-refractivity contribution in [1.82, 2.24) is 19.5 Å². The molecule has 7 nitrogen and oxygen atoms in total. The van der Waals surface area contributed by atoms with Crippen molar-refractivity contribution in [2.75, 3.05) is 6.61 Å². The van der Waals surface area contributed by atoms with E-state index in [2.05, 4.69) is 15.0 Å². The molecule has 2 heterocycles. The Balaban J connectivity index is 2.56. The molecule has 0 bridgehead atoms. The minimum absolute atomic E-state index is 0.114. The Labute approximate surface area is 97.8 Å². The maximum Gasteiger partial charge on any atom is 0.164 e. The molecule has 2 aromatic heterocycles. The molecule has 0 atom stereocenters. The highest BCUT2D eigenvalue weighted by molar-refractivity contribution is 6.02. The van der Waals surface area contributed by atoms with E-state index >= 15 is 0 Å². The van der Waals surface area contributed by atoms with Crippen LogP contribution < -0.4 is 5.73 Å². The van der Waals surface area contributed by atoms with E-state index in [0.717, 1.165) is 0 Å². The first kappa shape index (κ1) is 11.5. The second-order valence-corrected chi connectivity index (χ2v) is 3.72. The van der Waals surface area contributed by atoms with Crippen molar-refractivity contribution < 1.29 is 5.11 Å². The Kier molecular flexibility index (Phi) is 3.01. The van der Waals surface area contributed by atoms with Gasteiger partial charge in [-0.25, -0.2) is 15.0 Å². The number of nitrogens with zero attached hydrogens (tertiary/aromatic N) is 4. The largest absolute Gasteiger partial charge is 0.396 e. The lowest BCUT2D eigenvalue weighted by Crippen LogP contribution is -2.15. The Bertz CT molecular complexity index is 561. The lowest BCUT2D eigenvalue weighted by atomic mass is 10.3. The van der Waals surface area contributed by atoms with Crippen LogP contribution in [0.3, 0.4) is 0 Å². The van der Waals surface area contributed by atoms with Crippen molar-refractivity contribution in [2.24, 2.45) is 5.73 Å². The highest BCUT2D eigenvalue weighted by Gasteiger charge is 2.13. The molecule has 0 radical (unpaired) electrons. The summed E-state index contributed by atoms with van der Waals surface area (Å²) < 4.78 is 1.83. The lowest BCUT2D eigenvalue weighted by Gasteiger charge is -2.04. The van der Waals surface area contributed by atoms with Crippen LogP contribution >= 0.6 is 0 Å². The average molecular weight is 234 g/mol. The van der Waals surface area contributed by atoms with Crippen LogP contribution in [0.5, 0.6) is 0 Å². The topological polar surface area (TPSA) is 114 Å². The maximum absolute atomic E-state index is 8.81. The van der Waals surface area contributed by atoms with Gasteiger partial charge in [-0.15, -0.1) is 0 Å². The van der Waals surface area contributed by atoms with Gasteiger partial charge in [0.15, 0.2) is 5.65 Å². The zero-order valence-electron chi connectivity index (χ0n) is 9.51. The number of imidazole rings is 1. The summed E-state index contributed by atoms with van der Waals surface area (Å²) in [4.78, 5) is 12.6. The second-order valence-electron chi connectivity index (χ2n) is 3.72. The molecule has 90 valence electrons. The Morgan fingerprint density at radius 3 is 2.94 bits per heavy atom. The molecular formula is C10H14N6O. The second kappa shape index (κ2) is 4.46. The molecule has 0 amide bonds. The van der Waals surface area contributed by atoms with Crippen LogP contribution in [0.15, 0.2) is 6.33 Å². The zero-order valence-corrected chi connectivity index (χ0v) is 9.51. The fourth-order valence-electron chi connectivity index (χ4n) is 1.65. The fraction of sp³-hybridized carbons (Fsp3) is 0.400. The average Bonchev–Trinajstić information content (AvgIpc) is 2.68. The molecular weight excluding hydrogens is 220 g/mol. The van der Waals surface area contributed by atoms with Crippen LogP contribution in [0.1, 0.15) is 17.9 Å². The predicted molar refractivity (Wildman–Crippen MR) is 62.8 cm³/mol. The van der Waals surface area contributed by atoms with Crippen LogP contribution in [0, 0.1) is 12.3 Å². The quantitative estimate of drug-likeness (QED) is 0.500. The number of nitrogens with two attached hydrogens (primary N) is 1. The summed E-state index contributed by atoms with van der Waals surface area (Å²) in [5.74, 6) is 0.432. The number of hydrogen-bond acceptors (Lipinski definition) is 5. The number of hydrogen-bond donors (Lipinski definition) is 3. The Morgan fingerprint density at radius 2 is 2.29 bits per heavy atom. The van der Waals surface area contributed by atoms with Gasteiger partial charge in [-0.05, 0) is 13.3 Å². The number of aliphatic hydroxyl groups is 1. The molecule has 0 aliphatic heterocycles. The molecule has 0 aliphatic rings. The van der Waals surface area contributed by atoms with E-state index in [-0.39, 0.29) is 12.4 Å². The SMILES string of the molecule is Cc1nc(C(=N)N)c2ncn(CCCO)c2n1. The van der Waals surface area contributed by atoms with Gasteiger partial charge < -0.3 is 15.4 Å². The standard InChI is InChI=1S/C10H14N6O/c1-6-14-7(9(11)12)8-10(15-6)16(5-13-8)3-2-4-17/h5,17H,2-4H2,1H3,(H3,11,12). The number of fused-ring (bicyclic) bond motifs is 1. The summed E-state index contributed by atoms with van der Waals surface area (Å²) in [5.41, 5.74) is 7.00. The molecule has 0 unspecified atom stereocenters. The van der Waals surface area contributed by atoms with Gasteiger partial charge in [-0.1, -0.05) is 0 Å². The molecule has 0 saturated carbocycles. The number of nitrogens with one attached hydrogen (secondary N) is 1. The zero-order chi connectivity index (χ0) is 12.4. The van der Waals surface area contributed by atoms with E-state index in [9.17, 15) is 0 Å². The van der Waals surface area contributed by atoms with Crippen LogP contribution in [-0.4, -0.2) is 37.1 Å². The van der Waals surface area contributed by atoms with E-state index in [4.69, 9.17) is 16.2 Å². The summed E-state index contributed by atoms with van der Waals surface area (Å²) in [6.07, 6.45) is 2.25. The summed E-state index contributed by atoms with van der Waals surface area (Å²) in [7, 11) is 0. The summed E-state index contributed by atoms with van der Waals surface area (Å²) >= 11 is 0. The van der Waals surface area contributed by atoms with Crippen LogP contribution in [0.2, 0.25) is 0 Å². The van der Waals surface area contributed by atoms with Crippen molar-refractivity contribution in [3.8, 4) is 0 Å². The van der Waals surface area contributed by atoms with E-state index in [1.165, 1.54) is 0 Å². The molecule has 2 rings (SSSR count). The van der Waals surface area contributed by atoms with Gasteiger partial charge in [0.05, 0.1) is 6.33 Å². The van der Waals surface area contributed by atoms with Crippen molar-refractivity contribution in [1.29, 1.82) is 5.41 Å². The molecule has 0 spiro atoms. The predicted octanol–water partition coefficient (Wildman–Crippen LogP) is -0.199. The first-order valence-corrected chi connectivity index (χ1v) is 5.28. The van der Waals surface area contributed by atoms with Gasteiger partial charge in [0.2, 0.25) is 0 Å². The van der Waals surface area contributed by atoms with Gasteiger partial charge in [-0.2, -0.15) is 0 Å². The van der Waals surface area contributed by atoms with Gasteiger partial charge in [-0.3, -0.25) is 5.41 Å². The first-order valence-electron chi connectivity index (χ1n) is 5.28. The molecule has 17 heavy (non-hydrogen) atoms. The first-order chi connectivity index (χ1) is 8.13. The van der Waals surface area contributed by atoms with Gasteiger partial charge >= 0.3 is 0 Å². The normalized spacial score (nSPS) is 10.9. The summed E-state index contributed by atoms with van der Waals surface area (Å²) in [5, 5.41) is 16.3. The number of aromatic nitrogens is 4. The van der Waals surface area contributed by atoms with E-state index < -0.39 is 0 Å². The van der Waals surface area contributed by atoms with Crippen LogP contribution in [-0.2, 0) is 6.54 Å². The number of amidine groups is 1. The Morgan fingerprint density at radius 1 is 1.53 bits per heavy atom. The summed E-state index contributed by atoms with van der Waals surface area (Å²) in [6, 6.07) is 0. The third-order valence-electron chi connectivity index (χ3n) is 2.39. The third-order valence-corrected chi connectivity index (χ3v) is 2.39. The minimum Gasteiger partial charge on any atom is -0.396 e. The number of aliphatic hydroxyl groups excluding tert-OH is 1. The van der Waals surface area contributed by atoms with Crippen molar-refractivity contribution in [2.45, 2.75) is 19.9 Å². The highest BCUT2D eigenvalue weighted by Crippen LogP contribution is 2.14. The number of aryl methyl sites for hydroxylation is 2. The maximum atomic E-state index is 8.81. The summed E-state index contributed by atoms with van der Waals surface area (Å²) in [6.45, 7) is 2.49. The molecule has 0 saturated heterocycles. The van der Waals surface area contributed by atoms with E-state index in [1.807, 2.05) is 4.57 Å². The molecule has 2 aromatic rings. The Hall–Kier alpha value is -2.02. The van der Waals surface area contributed by atoms with Crippen LogP contribution in [0.25, 0.3) is 11.2 Å². The molecule has 0 aliphatic carbocycles. The van der Waals surface area contributed by atoms with E-state index in [0.29, 0.717) is 35.6 Å². The smallest absolute Gasteiger partial charge is 0.164 e. The van der Waals surface area contributed by atoms with Crippen molar-refractivity contribution in [3.05, 3.63) is 17.8 Å². The van der Waals surface area contributed by atoms with Crippen molar-refractivity contribution in [3.63, 3.8) is 0 Å². The van der Waals surface area contributed by atoms with Gasteiger partial charge in [0, 0.05) is 13.2 Å². The van der Waals surface area contributed by atoms with Gasteiger partial charge in [0.25, 0.3) is 0 Å². The number of nitrogen functional groups attached to an aromatic ring is 1. The van der Waals surface area contributed by atoms with E-state index in [1.54, 1.807) is 13.3 Å². The monoisotopic (exact) mass is 234 g/mol. The fourth-order valence-corrected chi connectivity index (χ4v) is 1.65. The highest BCUT2D eigenvalue weighted by atomic mass is 16.3. The lowest BCUT2D eigenvalue weighted by molar-refractivity contribution is 0.280. The van der Waals surface area contributed by atoms with Crippen molar-refractivity contribution >= 4 is 17.0 Å². The molecule has 0 aromatic carbocycles. The van der Waals surface area contributed by atoms with Gasteiger partial charge in [0.1, 0.15) is 22.9 Å². The van der Waals surface area contributed by atoms with Crippen LogP contribution in [0.4, 0.5) is 0 Å². The minimum atomic E-state index is -0.118.